The van der Waals surface area contributed by atoms with Crippen LogP contribution in [0, 0.1) is 0 Å². The maximum Gasteiger partial charge on any atom is 0.343 e. The summed E-state index contributed by atoms with van der Waals surface area (Å²) in [5.74, 6) is 5.67. The van der Waals surface area contributed by atoms with Crippen LogP contribution >= 0.6 is 0 Å². The van der Waals surface area contributed by atoms with Gasteiger partial charge in [-0.05, 0) is 40.7 Å². The Labute approximate surface area is 207 Å². The zero-order valence-corrected chi connectivity index (χ0v) is 20.8. The largest absolute Gasteiger partial charge is 0.478 e. The number of nitrogens with two attached hydrogens (primary N) is 2. The van der Waals surface area contributed by atoms with Crippen LogP contribution in [0.25, 0.3) is 0 Å². The number of hydrogen-bond acceptors (Lipinski definition) is 11. The molecule has 0 aromatic rings. The maximum atomic E-state index is 11.2. The van der Waals surface area contributed by atoms with E-state index in [1.54, 1.807) is 45.8 Å². The van der Waals surface area contributed by atoms with Crippen molar-refractivity contribution < 1.29 is 44.0 Å². The first-order chi connectivity index (χ1) is 15.4. The fourth-order valence-corrected chi connectivity index (χ4v) is 1.92. The molecule has 0 atom stereocenters. The topological polar surface area (TPSA) is 223 Å². The third-order valence-corrected chi connectivity index (χ3v) is 3.20. The lowest BCUT2D eigenvalue weighted by Gasteiger charge is -2.08. The van der Waals surface area contributed by atoms with Crippen molar-refractivity contribution in [1.82, 2.24) is 4.90 Å². The number of aliphatic carboxylic acids is 1. The van der Waals surface area contributed by atoms with E-state index in [0.717, 1.165) is 0 Å². The minimum absolute atomic E-state index is 0. The van der Waals surface area contributed by atoms with Crippen LogP contribution in [0.3, 0.4) is 0 Å². The lowest BCUT2D eigenvalue weighted by atomic mass is 10.2. The van der Waals surface area contributed by atoms with Gasteiger partial charge in [0.15, 0.2) is 5.78 Å². The molecule has 0 aromatic heterocycles. The molecule has 0 fully saturated rings. The normalized spacial score (nSPS) is 10.8. The van der Waals surface area contributed by atoms with Gasteiger partial charge in [-0.1, -0.05) is 7.43 Å². The summed E-state index contributed by atoms with van der Waals surface area (Å²) >= 11 is 0. The van der Waals surface area contributed by atoms with Crippen LogP contribution in [-0.4, -0.2) is 84.5 Å². The number of hydrogen-bond donors (Lipinski definition) is 3. The SMILES string of the molecule is C.CC1=NCC=C1C(=O)O.CCOC(=O)/C(=C\N(C)C)C(C)=O.CCOC(=O)CC(C)=O.NN.O. The summed E-state index contributed by atoms with van der Waals surface area (Å²) in [5.41, 5.74) is 1.05. The third-order valence-electron chi connectivity index (χ3n) is 3.20. The van der Waals surface area contributed by atoms with Crippen LogP contribution in [0.4, 0.5) is 0 Å². The number of carbonyl (C=O) groups excluding carboxylic acids is 4. The van der Waals surface area contributed by atoms with Crippen LogP contribution in [0.2, 0.25) is 0 Å². The van der Waals surface area contributed by atoms with Crippen molar-refractivity contribution in [2.75, 3.05) is 33.9 Å². The van der Waals surface area contributed by atoms with Gasteiger partial charge in [-0.3, -0.25) is 31.1 Å². The van der Waals surface area contributed by atoms with Crippen molar-refractivity contribution >= 4 is 35.2 Å². The molecule has 0 saturated heterocycles. The fourth-order valence-electron chi connectivity index (χ4n) is 1.92. The van der Waals surface area contributed by atoms with E-state index in [1.165, 1.54) is 20.0 Å². The van der Waals surface area contributed by atoms with E-state index < -0.39 is 17.9 Å². The molecular formula is C22H42N4O9. The van der Waals surface area contributed by atoms with Crippen molar-refractivity contribution in [1.29, 1.82) is 0 Å². The summed E-state index contributed by atoms with van der Waals surface area (Å²) in [5, 5.41) is 8.43. The van der Waals surface area contributed by atoms with Gasteiger partial charge in [-0.25, -0.2) is 9.59 Å². The van der Waals surface area contributed by atoms with Crippen molar-refractivity contribution in [2.45, 2.75) is 48.5 Å². The van der Waals surface area contributed by atoms with Gasteiger partial charge in [0.05, 0.1) is 25.3 Å². The predicted octanol–water partition coefficient (Wildman–Crippen LogP) is 0.215. The predicted molar refractivity (Wildman–Crippen MR) is 133 cm³/mol. The molecule has 13 heteroatoms. The molecule has 204 valence electrons. The molecule has 0 saturated carbocycles. The quantitative estimate of drug-likeness (QED) is 0.101. The van der Waals surface area contributed by atoms with Crippen LogP contribution in [0.1, 0.15) is 48.5 Å². The van der Waals surface area contributed by atoms with Crippen molar-refractivity contribution in [3.63, 3.8) is 0 Å². The van der Waals surface area contributed by atoms with Crippen molar-refractivity contribution in [2.24, 2.45) is 16.7 Å². The third kappa shape index (κ3) is 23.5. The van der Waals surface area contributed by atoms with Crippen molar-refractivity contribution in [3.05, 3.63) is 23.4 Å². The van der Waals surface area contributed by atoms with Gasteiger partial charge in [0.2, 0.25) is 0 Å². The Morgan fingerprint density at radius 2 is 1.57 bits per heavy atom. The Bertz CT molecular complexity index is 758. The molecule has 1 heterocycles. The zero-order valence-electron chi connectivity index (χ0n) is 20.8. The highest BCUT2D eigenvalue weighted by Crippen LogP contribution is 2.05. The first kappa shape index (κ1) is 41.8. The maximum absolute atomic E-state index is 11.2. The van der Waals surface area contributed by atoms with E-state index in [2.05, 4.69) is 21.4 Å². The Morgan fingerprint density at radius 3 is 1.83 bits per heavy atom. The molecule has 0 bridgehead atoms. The molecule has 1 aliphatic heterocycles. The van der Waals surface area contributed by atoms with Crippen molar-refractivity contribution in [3.8, 4) is 0 Å². The lowest BCUT2D eigenvalue weighted by Crippen LogP contribution is -2.17. The molecular weight excluding hydrogens is 464 g/mol. The average Bonchev–Trinajstić information content (AvgIpc) is 3.14. The van der Waals surface area contributed by atoms with Gasteiger partial charge < -0.3 is 25.0 Å². The molecule has 7 N–H and O–H groups in total. The molecule has 1 rings (SSSR count). The molecule has 1 aliphatic rings. The number of Topliss-reactive ketones (excluding diaryl/α,β-unsaturated/α-hetero) is 2. The number of aliphatic imine (C=N–C) groups is 1. The highest BCUT2D eigenvalue weighted by atomic mass is 16.5. The van der Waals surface area contributed by atoms with Gasteiger partial charge >= 0.3 is 17.9 Å². The Morgan fingerprint density at radius 1 is 1.09 bits per heavy atom. The van der Waals surface area contributed by atoms with Gasteiger partial charge in [0, 0.05) is 26.0 Å². The summed E-state index contributed by atoms with van der Waals surface area (Å²) in [6.07, 6.45) is 2.96. The number of esters is 2. The van der Waals surface area contributed by atoms with E-state index in [1.807, 2.05) is 0 Å². The molecule has 0 spiro atoms. The van der Waals surface area contributed by atoms with Gasteiger partial charge in [0.1, 0.15) is 17.8 Å². The van der Waals surface area contributed by atoms with E-state index in [-0.39, 0.29) is 43.1 Å². The second kappa shape index (κ2) is 25.2. The second-order valence-electron chi connectivity index (χ2n) is 6.32. The van der Waals surface area contributed by atoms with Crippen LogP contribution in [-0.2, 0) is 33.4 Å². The Balaban J connectivity index is -0.000000123. The minimum atomic E-state index is -0.881. The number of nitrogens with zero attached hydrogens (tertiary/aromatic N) is 2. The molecule has 35 heavy (non-hydrogen) atoms. The fraction of sp³-hybridized carbons (Fsp3) is 0.545. The summed E-state index contributed by atoms with van der Waals surface area (Å²) < 4.78 is 9.20. The van der Waals surface area contributed by atoms with Crippen LogP contribution < -0.4 is 11.7 Å². The van der Waals surface area contributed by atoms with E-state index in [4.69, 9.17) is 9.84 Å². The first-order valence-corrected chi connectivity index (χ1v) is 9.86. The number of carboxylic acid groups (broad SMARTS) is 1. The minimum Gasteiger partial charge on any atom is -0.478 e. The van der Waals surface area contributed by atoms with E-state index in [9.17, 15) is 24.0 Å². The number of ketones is 2. The highest BCUT2D eigenvalue weighted by Gasteiger charge is 2.15. The summed E-state index contributed by atoms with van der Waals surface area (Å²) in [4.78, 5) is 58.6. The lowest BCUT2D eigenvalue weighted by molar-refractivity contribution is -0.145. The zero-order chi connectivity index (χ0) is 26.6. The number of hydrazine groups is 1. The van der Waals surface area contributed by atoms with Gasteiger partial charge in [-0.2, -0.15) is 0 Å². The number of carbonyl (C=O) groups is 5. The standard InChI is InChI=1S/C9H15NO3.C6H7NO2.C6H10O3.CH4.H4N2.H2O/c1-5-13-9(12)8(7(2)11)6-10(3)4;1-4-5(6(8)9)2-3-7-4;1-3-9-6(8)4-5(2)7;;1-2;/h6H,5H2,1-4H3;2H,3H2,1H3,(H,8,9);3-4H2,1-2H3;1H4;1-2H2;1H2/b8-6-;;;;;. The Kier molecular flexibility index (Phi) is 30.1. The van der Waals surface area contributed by atoms with E-state index >= 15 is 0 Å². The molecule has 0 aromatic carbocycles. The average molecular weight is 507 g/mol. The highest BCUT2D eigenvalue weighted by molar-refractivity contribution is 6.19. The molecule has 0 aliphatic carbocycles. The summed E-state index contributed by atoms with van der Waals surface area (Å²) in [7, 11) is 3.48. The molecule has 13 nitrogen and oxygen atoms in total. The summed E-state index contributed by atoms with van der Waals surface area (Å²) in [6, 6.07) is 0. The second-order valence-corrected chi connectivity index (χ2v) is 6.32. The van der Waals surface area contributed by atoms with Gasteiger partial charge in [0.25, 0.3) is 0 Å². The number of rotatable bonds is 8. The number of carboxylic acids is 1. The summed E-state index contributed by atoms with van der Waals surface area (Å²) in [6.45, 7) is 8.94. The molecule has 0 radical (unpaired) electrons. The Hall–Kier alpha value is -3.42. The van der Waals surface area contributed by atoms with Gasteiger partial charge in [-0.15, -0.1) is 0 Å². The van der Waals surface area contributed by atoms with E-state index in [0.29, 0.717) is 24.4 Å². The van der Waals surface area contributed by atoms with Crippen LogP contribution in [0.5, 0.6) is 0 Å². The molecule has 0 amide bonds. The monoisotopic (exact) mass is 506 g/mol. The smallest absolute Gasteiger partial charge is 0.343 e. The number of ether oxygens (including phenoxy) is 2. The molecule has 0 unspecified atom stereocenters. The van der Waals surface area contributed by atoms with Crippen LogP contribution in [0.15, 0.2) is 28.4 Å². The first-order valence-electron chi connectivity index (χ1n) is 9.86.